The van der Waals surface area contributed by atoms with Gasteiger partial charge in [-0.3, -0.25) is 4.79 Å². The van der Waals surface area contributed by atoms with Gasteiger partial charge >= 0.3 is 0 Å². The van der Waals surface area contributed by atoms with Gasteiger partial charge in [0.15, 0.2) is 5.78 Å². The summed E-state index contributed by atoms with van der Waals surface area (Å²) >= 11 is 0. The van der Waals surface area contributed by atoms with Crippen molar-refractivity contribution in [3.8, 4) is 0 Å². The predicted octanol–water partition coefficient (Wildman–Crippen LogP) is 5.72. The van der Waals surface area contributed by atoms with E-state index in [1.807, 2.05) is 38.1 Å². The molecular weight excluding hydrogens is 274 g/mol. The number of hydrogen-bond donors (Lipinski definition) is 0. The minimum atomic E-state index is -0.453. The molecule has 0 atom stereocenters. The van der Waals surface area contributed by atoms with Crippen molar-refractivity contribution in [2.75, 3.05) is 0 Å². The van der Waals surface area contributed by atoms with Crippen LogP contribution in [0.25, 0.3) is 10.4 Å². The molecule has 22 heavy (non-hydrogen) atoms. The minimum absolute atomic E-state index is 0.197. The molecule has 0 aliphatic heterocycles. The molecule has 0 amide bonds. The lowest BCUT2D eigenvalue weighted by Gasteiger charge is -2.21. The van der Waals surface area contributed by atoms with E-state index in [-0.39, 0.29) is 11.2 Å². The molecule has 0 radical (unpaired) electrons. The number of nitrogens with zero attached hydrogens (tertiary/aromatic N) is 3. The van der Waals surface area contributed by atoms with Crippen molar-refractivity contribution in [2.24, 2.45) is 10.5 Å². The highest BCUT2D eigenvalue weighted by molar-refractivity contribution is 5.96. The number of carbonyl (C=O) groups excluding carboxylic acids is 1. The Balaban J connectivity index is 2.68. The third-order valence-electron chi connectivity index (χ3n) is 4.21. The highest BCUT2D eigenvalue weighted by Gasteiger charge is 2.18. The fourth-order valence-corrected chi connectivity index (χ4v) is 2.24. The summed E-state index contributed by atoms with van der Waals surface area (Å²) in [5.74, 6) is 0.197. The van der Waals surface area contributed by atoms with Gasteiger partial charge in [-0.2, -0.15) is 0 Å². The highest BCUT2D eigenvalue weighted by Crippen LogP contribution is 2.27. The molecule has 1 aromatic rings. The summed E-state index contributed by atoms with van der Waals surface area (Å²) in [5, 5.41) is 3.79. The van der Waals surface area contributed by atoms with E-state index in [1.165, 1.54) is 0 Å². The monoisotopic (exact) mass is 301 g/mol. The minimum Gasteiger partial charge on any atom is -0.294 e. The summed E-state index contributed by atoms with van der Waals surface area (Å²) in [4.78, 5) is 15.1. The van der Waals surface area contributed by atoms with Gasteiger partial charge in [-0.1, -0.05) is 70.4 Å². The topological polar surface area (TPSA) is 65.8 Å². The second-order valence-electron chi connectivity index (χ2n) is 7.32. The Morgan fingerprint density at radius 1 is 1.18 bits per heavy atom. The van der Waals surface area contributed by atoms with Crippen molar-refractivity contribution in [1.82, 2.24) is 0 Å². The SMILES string of the molecule is CCC(C)(C)CCC(=O)c1ccc(CC(C)(C)N=[N+]=[N-])cc1. The van der Waals surface area contributed by atoms with Crippen LogP contribution in [0.1, 0.15) is 69.8 Å². The average Bonchev–Trinajstić information content (AvgIpc) is 2.45. The maximum Gasteiger partial charge on any atom is 0.162 e. The second kappa shape index (κ2) is 7.46. The quantitative estimate of drug-likeness (QED) is 0.262. The van der Waals surface area contributed by atoms with Crippen molar-refractivity contribution in [1.29, 1.82) is 0 Å². The van der Waals surface area contributed by atoms with Crippen LogP contribution in [0.4, 0.5) is 0 Å². The molecule has 0 aliphatic rings. The number of ketones is 1. The van der Waals surface area contributed by atoms with E-state index in [1.54, 1.807) is 0 Å². The van der Waals surface area contributed by atoms with Gasteiger partial charge in [0.2, 0.25) is 0 Å². The molecule has 1 rings (SSSR count). The third kappa shape index (κ3) is 5.90. The first-order valence-corrected chi connectivity index (χ1v) is 7.87. The Labute approximate surface area is 133 Å². The number of rotatable bonds is 8. The molecule has 0 saturated heterocycles. The van der Waals surface area contributed by atoms with Crippen LogP contribution in [0.5, 0.6) is 0 Å². The van der Waals surface area contributed by atoms with E-state index in [9.17, 15) is 4.79 Å². The Morgan fingerprint density at radius 3 is 2.27 bits per heavy atom. The van der Waals surface area contributed by atoms with Crippen LogP contribution in [-0.2, 0) is 6.42 Å². The number of carbonyl (C=O) groups is 1. The Hall–Kier alpha value is -1.80. The lowest BCUT2D eigenvalue weighted by molar-refractivity contribution is 0.0962. The lowest BCUT2D eigenvalue weighted by atomic mass is 9.84. The molecule has 4 nitrogen and oxygen atoms in total. The zero-order valence-corrected chi connectivity index (χ0v) is 14.4. The van der Waals surface area contributed by atoms with E-state index >= 15 is 0 Å². The Morgan fingerprint density at radius 2 is 1.77 bits per heavy atom. The molecule has 0 aromatic heterocycles. The van der Waals surface area contributed by atoms with Crippen LogP contribution in [0.2, 0.25) is 0 Å². The second-order valence-corrected chi connectivity index (χ2v) is 7.32. The van der Waals surface area contributed by atoms with Crippen molar-refractivity contribution >= 4 is 5.78 Å². The van der Waals surface area contributed by atoms with Crippen LogP contribution < -0.4 is 0 Å². The van der Waals surface area contributed by atoms with E-state index in [2.05, 4.69) is 30.8 Å². The van der Waals surface area contributed by atoms with Gasteiger partial charge < -0.3 is 0 Å². The average molecular weight is 301 g/mol. The fourth-order valence-electron chi connectivity index (χ4n) is 2.24. The fraction of sp³-hybridized carbons (Fsp3) is 0.611. The lowest BCUT2D eigenvalue weighted by Crippen LogP contribution is -2.19. The van der Waals surface area contributed by atoms with Gasteiger partial charge in [-0.15, -0.1) is 0 Å². The predicted molar refractivity (Wildman–Crippen MR) is 91.0 cm³/mol. The molecule has 0 spiro atoms. The maximum absolute atomic E-state index is 12.2. The summed E-state index contributed by atoms with van der Waals surface area (Å²) in [5.41, 5.74) is 10.2. The van der Waals surface area contributed by atoms with Gasteiger partial charge in [-0.25, -0.2) is 0 Å². The molecule has 0 bridgehead atoms. The summed E-state index contributed by atoms with van der Waals surface area (Å²) in [6, 6.07) is 7.66. The van der Waals surface area contributed by atoms with Gasteiger partial charge in [-0.05, 0) is 29.4 Å². The molecule has 1 aromatic carbocycles. The zero-order valence-electron chi connectivity index (χ0n) is 14.4. The molecule has 0 fully saturated rings. The first-order valence-electron chi connectivity index (χ1n) is 7.87. The van der Waals surface area contributed by atoms with Crippen LogP contribution in [0.3, 0.4) is 0 Å². The van der Waals surface area contributed by atoms with E-state index in [4.69, 9.17) is 5.53 Å². The van der Waals surface area contributed by atoms with Crippen LogP contribution in [0.15, 0.2) is 29.4 Å². The summed E-state index contributed by atoms with van der Waals surface area (Å²) < 4.78 is 0. The van der Waals surface area contributed by atoms with Crippen molar-refractivity contribution < 1.29 is 4.79 Å². The van der Waals surface area contributed by atoms with Gasteiger partial charge in [0, 0.05) is 22.4 Å². The van der Waals surface area contributed by atoms with E-state index < -0.39 is 5.54 Å². The summed E-state index contributed by atoms with van der Waals surface area (Å²) in [6.45, 7) is 10.4. The molecule has 0 unspecified atom stereocenters. The van der Waals surface area contributed by atoms with Crippen LogP contribution in [0, 0.1) is 5.41 Å². The number of hydrogen-bond acceptors (Lipinski definition) is 2. The first-order chi connectivity index (χ1) is 10.2. The molecule has 120 valence electrons. The molecule has 4 heteroatoms. The smallest absolute Gasteiger partial charge is 0.162 e. The number of azide groups is 1. The zero-order chi connectivity index (χ0) is 16.8. The van der Waals surface area contributed by atoms with Crippen LogP contribution >= 0.6 is 0 Å². The molecule has 0 heterocycles. The number of Topliss-reactive ketones (excluding diaryl/α,β-unsaturated/α-hetero) is 1. The van der Waals surface area contributed by atoms with Crippen molar-refractivity contribution in [3.63, 3.8) is 0 Å². The summed E-state index contributed by atoms with van der Waals surface area (Å²) in [7, 11) is 0. The van der Waals surface area contributed by atoms with Crippen molar-refractivity contribution in [2.45, 2.75) is 65.8 Å². The molecular formula is C18H27N3O. The van der Waals surface area contributed by atoms with Gasteiger partial charge in [0.25, 0.3) is 0 Å². The summed E-state index contributed by atoms with van der Waals surface area (Å²) in [6.07, 6.45) is 3.24. The molecule has 0 saturated carbocycles. The largest absolute Gasteiger partial charge is 0.294 e. The van der Waals surface area contributed by atoms with Gasteiger partial charge in [0.05, 0.1) is 0 Å². The van der Waals surface area contributed by atoms with Gasteiger partial charge in [0.1, 0.15) is 0 Å². The van der Waals surface area contributed by atoms with Crippen molar-refractivity contribution in [3.05, 3.63) is 45.8 Å². The third-order valence-corrected chi connectivity index (χ3v) is 4.21. The number of benzene rings is 1. The maximum atomic E-state index is 12.2. The van der Waals surface area contributed by atoms with E-state index in [0.717, 1.165) is 24.0 Å². The Kier molecular flexibility index (Phi) is 6.19. The van der Waals surface area contributed by atoms with Crippen LogP contribution in [-0.4, -0.2) is 11.3 Å². The Bertz CT molecular complexity index is 552. The normalized spacial score (nSPS) is 11.9. The molecule has 0 N–H and O–H groups in total. The highest BCUT2D eigenvalue weighted by atomic mass is 16.1. The first kappa shape index (κ1) is 18.2. The van der Waals surface area contributed by atoms with E-state index in [0.29, 0.717) is 12.8 Å². The molecule has 0 aliphatic carbocycles. The standard InChI is InChI=1S/C18H27N3O/c1-6-17(2,3)12-11-16(22)15-9-7-14(8-10-15)13-18(4,5)20-21-19/h7-10H,6,11-13H2,1-5H3.